The van der Waals surface area contributed by atoms with Crippen molar-refractivity contribution >= 4 is 11.8 Å². The standard InChI is InChI=1S/C20H27N3O4/c1-26-18-9-14(20(25)23-12-19(24)21-13-23)5-6-17(18)27-16-10-15(11-16)22-7-3-2-4-8-22/h5-6,9,15-16H,2-4,7-8,10-13H2,1H3,(H,21,24)/t15-,16-. The molecule has 1 saturated carbocycles. The molecule has 1 N–H and O–H groups in total. The van der Waals surface area contributed by atoms with Gasteiger partial charge in [-0.1, -0.05) is 6.42 Å². The van der Waals surface area contributed by atoms with Gasteiger partial charge in [-0.3, -0.25) is 9.59 Å². The van der Waals surface area contributed by atoms with Crippen LogP contribution in [-0.4, -0.2) is 67.2 Å². The van der Waals surface area contributed by atoms with Gasteiger partial charge in [0.05, 0.1) is 13.8 Å². The Bertz CT molecular complexity index is 711. The van der Waals surface area contributed by atoms with Gasteiger partial charge < -0.3 is 24.6 Å². The van der Waals surface area contributed by atoms with E-state index in [-0.39, 0.29) is 31.1 Å². The van der Waals surface area contributed by atoms with Gasteiger partial charge in [0.1, 0.15) is 12.6 Å². The first kappa shape index (κ1) is 18.1. The summed E-state index contributed by atoms with van der Waals surface area (Å²) in [7, 11) is 1.58. The van der Waals surface area contributed by atoms with Gasteiger partial charge in [0.25, 0.3) is 5.91 Å². The molecule has 1 aromatic rings. The fourth-order valence-electron chi connectivity index (χ4n) is 4.09. The number of carbonyl (C=O) groups is 2. The number of hydrogen-bond donors (Lipinski definition) is 1. The Morgan fingerprint density at radius 3 is 2.59 bits per heavy atom. The quantitative estimate of drug-likeness (QED) is 0.849. The number of likely N-dealkylation sites (tertiary alicyclic amines) is 1. The molecule has 2 heterocycles. The molecule has 1 aliphatic carbocycles. The highest BCUT2D eigenvalue weighted by atomic mass is 16.5. The molecule has 1 aromatic carbocycles. The van der Waals surface area contributed by atoms with Crippen LogP contribution in [0.1, 0.15) is 42.5 Å². The van der Waals surface area contributed by atoms with Crippen LogP contribution in [0, 0.1) is 0 Å². The lowest BCUT2D eigenvalue weighted by Crippen LogP contribution is -2.50. The van der Waals surface area contributed by atoms with E-state index in [2.05, 4.69) is 10.2 Å². The van der Waals surface area contributed by atoms with Gasteiger partial charge in [0, 0.05) is 24.4 Å². The fraction of sp³-hybridized carbons (Fsp3) is 0.600. The minimum absolute atomic E-state index is 0.0966. The lowest BCUT2D eigenvalue weighted by Gasteiger charge is -2.44. The van der Waals surface area contributed by atoms with E-state index in [0.717, 1.165) is 12.8 Å². The van der Waals surface area contributed by atoms with Crippen molar-refractivity contribution in [3.05, 3.63) is 23.8 Å². The highest BCUT2D eigenvalue weighted by Crippen LogP contribution is 2.35. The van der Waals surface area contributed by atoms with Gasteiger partial charge in [-0.15, -0.1) is 0 Å². The number of methoxy groups -OCH3 is 1. The number of nitrogens with one attached hydrogen (secondary N) is 1. The van der Waals surface area contributed by atoms with Gasteiger partial charge in [-0.25, -0.2) is 0 Å². The Hall–Kier alpha value is -2.28. The third-order valence-electron chi connectivity index (χ3n) is 5.77. The largest absolute Gasteiger partial charge is 0.493 e. The van der Waals surface area contributed by atoms with Crippen LogP contribution >= 0.6 is 0 Å². The predicted molar refractivity (Wildman–Crippen MR) is 99.9 cm³/mol. The summed E-state index contributed by atoms with van der Waals surface area (Å²) in [4.78, 5) is 27.9. The fourth-order valence-corrected chi connectivity index (χ4v) is 4.09. The molecule has 27 heavy (non-hydrogen) atoms. The van der Waals surface area contributed by atoms with Crippen molar-refractivity contribution in [2.24, 2.45) is 0 Å². The molecule has 0 aromatic heterocycles. The molecule has 2 aliphatic heterocycles. The Kier molecular flexibility index (Phi) is 5.20. The van der Waals surface area contributed by atoms with Crippen molar-refractivity contribution in [2.75, 3.05) is 33.4 Å². The number of rotatable bonds is 5. The number of nitrogens with zero attached hydrogens (tertiary/aromatic N) is 2. The second kappa shape index (κ2) is 7.76. The van der Waals surface area contributed by atoms with Gasteiger partial charge >= 0.3 is 0 Å². The zero-order valence-corrected chi connectivity index (χ0v) is 15.8. The summed E-state index contributed by atoms with van der Waals surface area (Å²) in [6, 6.07) is 5.87. The summed E-state index contributed by atoms with van der Waals surface area (Å²) in [5, 5.41) is 2.64. The Balaban J connectivity index is 1.36. The van der Waals surface area contributed by atoms with E-state index in [4.69, 9.17) is 9.47 Å². The Labute approximate surface area is 159 Å². The average Bonchev–Trinajstić information content (AvgIpc) is 3.10. The van der Waals surface area contributed by atoms with Crippen LogP contribution in [0.5, 0.6) is 11.5 Å². The van der Waals surface area contributed by atoms with Crippen molar-refractivity contribution in [3.63, 3.8) is 0 Å². The van der Waals surface area contributed by atoms with Crippen LogP contribution in [0.2, 0.25) is 0 Å². The minimum atomic E-state index is -0.188. The normalized spacial score (nSPS) is 25.7. The molecule has 146 valence electrons. The topological polar surface area (TPSA) is 71.1 Å². The van der Waals surface area contributed by atoms with Gasteiger partial charge in [0.2, 0.25) is 5.91 Å². The van der Waals surface area contributed by atoms with E-state index >= 15 is 0 Å². The van der Waals surface area contributed by atoms with E-state index in [1.54, 1.807) is 25.3 Å². The summed E-state index contributed by atoms with van der Waals surface area (Å²) >= 11 is 0. The first-order valence-electron chi connectivity index (χ1n) is 9.79. The van der Waals surface area contributed by atoms with Crippen LogP contribution in [0.25, 0.3) is 0 Å². The van der Waals surface area contributed by atoms with Crippen molar-refractivity contribution in [3.8, 4) is 11.5 Å². The van der Waals surface area contributed by atoms with Gasteiger partial charge in [-0.2, -0.15) is 0 Å². The van der Waals surface area contributed by atoms with Gasteiger partial charge in [0.15, 0.2) is 11.5 Å². The summed E-state index contributed by atoms with van der Waals surface area (Å²) in [6.07, 6.45) is 6.27. The molecule has 0 radical (unpaired) electrons. The molecular weight excluding hydrogens is 346 g/mol. The molecular formula is C20H27N3O4. The third kappa shape index (κ3) is 3.88. The van der Waals surface area contributed by atoms with Crippen LogP contribution in [-0.2, 0) is 4.79 Å². The van der Waals surface area contributed by atoms with Crippen molar-refractivity contribution < 1.29 is 19.1 Å². The summed E-state index contributed by atoms with van der Waals surface area (Å²) in [5.74, 6) is 0.906. The smallest absolute Gasteiger partial charge is 0.255 e. The maximum Gasteiger partial charge on any atom is 0.255 e. The van der Waals surface area contributed by atoms with Crippen LogP contribution in [0.3, 0.4) is 0 Å². The van der Waals surface area contributed by atoms with E-state index in [0.29, 0.717) is 23.1 Å². The molecule has 0 unspecified atom stereocenters. The van der Waals surface area contributed by atoms with Crippen molar-refractivity contribution in [2.45, 2.75) is 44.2 Å². The number of carbonyl (C=O) groups excluding carboxylic acids is 2. The maximum atomic E-state index is 12.5. The lowest BCUT2D eigenvalue weighted by atomic mass is 9.86. The Morgan fingerprint density at radius 1 is 1.15 bits per heavy atom. The van der Waals surface area contributed by atoms with Crippen molar-refractivity contribution in [1.82, 2.24) is 15.1 Å². The van der Waals surface area contributed by atoms with Crippen molar-refractivity contribution in [1.29, 1.82) is 0 Å². The monoisotopic (exact) mass is 373 g/mol. The van der Waals surface area contributed by atoms with Crippen LogP contribution < -0.4 is 14.8 Å². The Morgan fingerprint density at radius 2 is 1.93 bits per heavy atom. The molecule has 0 atom stereocenters. The van der Waals surface area contributed by atoms with Crippen LogP contribution in [0.4, 0.5) is 0 Å². The second-order valence-corrected chi connectivity index (χ2v) is 7.59. The second-order valence-electron chi connectivity index (χ2n) is 7.59. The first-order valence-corrected chi connectivity index (χ1v) is 9.79. The van der Waals surface area contributed by atoms with Crippen LogP contribution in [0.15, 0.2) is 18.2 Å². The van der Waals surface area contributed by atoms with E-state index in [1.165, 1.54) is 37.3 Å². The van der Waals surface area contributed by atoms with E-state index in [1.807, 2.05) is 0 Å². The molecule has 7 nitrogen and oxygen atoms in total. The number of benzene rings is 1. The van der Waals surface area contributed by atoms with E-state index in [9.17, 15) is 9.59 Å². The number of hydrogen-bond acceptors (Lipinski definition) is 5. The maximum absolute atomic E-state index is 12.5. The minimum Gasteiger partial charge on any atom is -0.493 e. The predicted octanol–water partition coefficient (Wildman–Crippen LogP) is 1.62. The molecule has 7 heteroatoms. The number of amides is 2. The molecule has 4 rings (SSSR count). The summed E-state index contributed by atoms with van der Waals surface area (Å²) in [6.45, 7) is 2.77. The molecule has 3 aliphatic rings. The zero-order chi connectivity index (χ0) is 18.8. The highest BCUT2D eigenvalue weighted by molar-refractivity contribution is 5.98. The molecule has 0 spiro atoms. The summed E-state index contributed by atoms with van der Waals surface area (Å²) in [5.41, 5.74) is 0.496. The lowest BCUT2D eigenvalue weighted by molar-refractivity contribution is -0.118. The highest BCUT2D eigenvalue weighted by Gasteiger charge is 2.36. The summed E-state index contributed by atoms with van der Waals surface area (Å²) < 4.78 is 11.6. The van der Waals surface area contributed by atoms with Gasteiger partial charge in [-0.05, 0) is 44.1 Å². The van der Waals surface area contributed by atoms with E-state index < -0.39 is 0 Å². The first-order chi connectivity index (χ1) is 13.1. The number of piperidine rings is 1. The zero-order valence-electron chi connectivity index (χ0n) is 15.8. The number of ether oxygens (including phenoxy) is 2. The SMILES string of the molecule is COc1cc(C(=O)N2CNC(=O)C2)ccc1O[C@H]1C[C@H](N2CCCCC2)C1. The molecule has 2 saturated heterocycles. The molecule has 0 bridgehead atoms. The molecule has 3 fully saturated rings. The third-order valence-corrected chi connectivity index (χ3v) is 5.77. The molecule has 2 amide bonds. The average molecular weight is 373 g/mol.